The second-order valence-electron chi connectivity index (χ2n) is 11.8. The minimum Gasteiger partial charge on any atom is -0.378 e. The highest BCUT2D eigenvalue weighted by Gasteiger charge is 2.32. The van der Waals surface area contributed by atoms with Crippen LogP contribution in [-0.4, -0.2) is 63.9 Å². The molecule has 4 heteroatoms. The van der Waals surface area contributed by atoms with Gasteiger partial charge < -0.3 is 14.5 Å². The molecule has 1 aromatic rings. The standard InChI is InChI=1S/C29H49N3O/c1-5-6-7-14-30-15-17-32(18-16-30)28-23-26(31-19-21-33-22-20-31)12-13-27(28)24-8-10-25(11-9-24)29(2,3)4/h12-13,23-25H,5-11,14-22H2,1-4H3. The van der Waals surface area contributed by atoms with E-state index in [0.29, 0.717) is 5.41 Å². The number of piperazine rings is 1. The van der Waals surface area contributed by atoms with Gasteiger partial charge in [-0.3, -0.25) is 4.90 Å². The van der Waals surface area contributed by atoms with Crippen molar-refractivity contribution < 1.29 is 4.74 Å². The van der Waals surface area contributed by atoms with Gasteiger partial charge in [-0.1, -0.05) is 46.6 Å². The Hall–Kier alpha value is -1.26. The van der Waals surface area contributed by atoms with Crippen LogP contribution in [0.2, 0.25) is 0 Å². The van der Waals surface area contributed by atoms with Gasteiger partial charge in [-0.15, -0.1) is 0 Å². The number of rotatable bonds is 7. The number of anilines is 2. The number of morpholine rings is 1. The average Bonchev–Trinajstić information content (AvgIpc) is 2.84. The van der Waals surface area contributed by atoms with E-state index in [1.807, 2.05) is 0 Å². The molecule has 2 heterocycles. The van der Waals surface area contributed by atoms with Crippen LogP contribution >= 0.6 is 0 Å². The van der Waals surface area contributed by atoms with Crippen LogP contribution in [0.15, 0.2) is 18.2 Å². The van der Waals surface area contributed by atoms with E-state index >= 15 is 0 Å². The molecule has 3 aliphatic rings. The molecule has 0 atom stereocenters. The average molecular weight is 456 g/mol. The summed E-state index contributed by atoms with van der Waals surface area (Å²) in [6.07, 6.45) is 9.49. The summed E-state index contributed by atoms with van der Waals surface area (Å²) in [5.41, 5.74) is 5.00. The Morgan fingerprint density at radius 1 is 0.848 bits per heavy atom. The maximum absolute atomic E-state index is 5.62. The molecular weight excluding hydrogens is 406 g/mol. The van der Waals surface area contributed by atoms with Gasteiger partial charge in [-0.25, -0.2) is 0 Å². The fourth-order valence-corrected chi connectivity index (χ4v) is 6.24. The molecule has 0 amide bonds. The first-order chi connectivity index (χ1) is 16.0. The second kappa shape index (κ2) is 11.4. The maximum atomic E-state index is 5.62. The third-order valence-electron chi connectivity index (χ3n) is 8.57. The first kappa shape index (κ1) is 24.9. The van der Waals surface area contributed by atoms with Crippen molar-refractivity contribution >= 4 is 11.4 Å². The van der Waals surface area contributed by atoms with E-state index in [1.54, 1.807) is 5.56 Å². The summed E-state index contributed by atoms with van der Waals surface area (Å²) < 4.78 is 5.62. The summed E-state index contributed by atoms with van der Waals surface area (Å²) in [6, 6.07) is 7.43. The van der Waals surface area contributed by atoms with E-state index in [2.05, 4.69) is 60.6 Å². The molecule has 4 nitrogen and oxygen atoms in total. The molecule has 186 valence electrons. The fourth-order valence-electron chi connectivity index (χ4n) is 6.24. The zero-order valence-corrected chi connectivity index (χ0v) is 22.0. The van der Waals surface area contributed by atoms with Crippen molar-refractivity contribution in [1.82, 2.24) is 4.90 Å². The zero-order chi connectivity index (χ0) is 23.3. The van der Waals surface area contributed by atoms with Crippen LogP contribution in [0.1, 0.15) is 84.1 Å². The number of benzene rings is 1. The fraction of sp³-hybridized carbons (Fsp3) is 0.793. The lowest BCUT2D eigenvalue weighted by Crippen LogP contribution is -2.47. The van der Waals surface area contributed by atoms with Gasteiger partial charge in [0.25, 0.3) is 0 Å². The highest BCUT2D eigenvalue weighted by atomic mass is 16.5. The Balaban J connectivity index is 1.49. The molecule has 2 aliphatic heterocycles. The summed E-state index contributed by atoms with van der Waals surface area (Å²) >= 11 is 0. The van der Waals surface area contributed by atoms with Gasteiger partial charge in [0.15, 0.2) is 0 Å². The van der Waals surface area contributed by atoms with Crippen LogP contribution in [-0.2, 0) is 4.74 Å². The van der Waals surface area contributed by atoms with Gasteiger partial charge in [0.1, 0.15) is 0 Å². The molecule has 0 N–H and O–H groups in total. The van der Waals surface area contributed by atoms with Gasteiger partial charge in [-0.2, -0.15) is 0 Å². The highest BCUT2D eigenvalue weighted by Crippen LogP contribution is 2.46. The summed E-state index contributed by atoms with van der Waals surface area (Å²) in [5, 5.41) is 0. The lowest BCUT2D eigenvalue weighted by Gasteiger charge is -2.41. The number of ether oxygens (including phenoxy) is 1. The third-order valence-corrected chi connectivity index (χ3v) is 8.57. The lowest BCUT2D eigenvalue weighted by atomic mass is 9.68. The normalized spacial score (nSPS) is 25.5. The van der Waals surface area contributed by atoms with Crippen molar-refractivity contribution in [1.29, 1.82) is 0 Å². The SMILES string of the molecule is CCCCCN1CCN(c2cc(N3CCOCC3)ccc2C2CCC(C(C)(C)C)CC2)CC1. The molecular formula is C29H49N3O. The van der Waals surface area contributed by atoms with E-state index in [-0.39, 0.29) is 0 Å². The van der Waals surface area contributed by atoms with Crippen molar-refractivity contribution in [3.8, 4) is 0 Å². The Labute approximate surface area is 203 Å². The van der Waals surface area contributed by atoms with Gasteiger partial charge in [0.05, 0.1) is 13.2 Å². The summed E-state index contributed by atoms with van der Waals surface area (Å²) in [5.74, 6) is 1.59. The monoisotopic (exact) mass is 455 g/mol. The van der Waals surface area contributed by atoms with E-state index in [0.717, 1.165) is 38.1 Å². The number of nitrogens with zero attached hydrogens (tertiary/aromatic N) is 3. The van der Waals surface area contributed by atoms with Crippen molar-refractivity contribution in [2.45, 2.75) is 78.6 Å². The molecule has 33 heavy (non-hydrogen) atoms. The topological polar surface area (TPSA) is 19.0 Å². The molecule has 1 saturated carbocycles. The lowest BCUT2D eigenvalue weighted by molar-refractivity contribution is 0.122. The Morgan fingerprint density at radius 2 is 1.55 bits per heavy atom. The zero-order valence-electron chi connectivity index (χ0n) is 22.0. The summed E-state index contributed by atoms with van der Waals surface area (Å²) in [6.45, 7) is 19.4. The summed E-state index contributed by atoms with van der Waals surface area (Å²) in [4.78, 5) is 7.92. The van der Waals surface area contributed by atoms with Gasteiger partial charge in [0, 0.05) is 50.6 Å². The number of hydrogen-bond donors (Lipinski definition) is 0. The predicted octanol–water partition coefficient (Wildman–Crippen LogP) is 6.16. The van der Waals surface area contributed by atoms with Crippen LogP contribution in [0.5, 0.6) is 0 Å². The Kier molecular flexibility index (Phi) is 8.62. The second-order valence-corrected chi connectivity index (χ2v) is 11.8. The minimum absolute atomic E-state index is 0.447. The molecule has 2 saturated heterocycles. The number of hydrogen-bond acceptors (Lipinski definition) is 4. The van der Waals surface area contributed by atoms with Crippen LogP contribution in [0.4, 0.5) is 11.4 Å². The number of unbranched alkanes of at least 4 members (excludes halogenated alkanes) is 2. The van der Waals surface area contributed by atoms with Gasteiger partial charge in [0.2, 0.25) is 0 Å². The van der Waals surface area contributed by atoms with Crippen molar-refractivity contribution in [2.24, 2.45) is 11.3 Å². The third kappa shape index (κ3) is 6.45. The molecule has 0 bridgehead atoms. The largest absolute Gasteiger partial charge is 0.378 e. The Morgan fingerprint density at radius 3 is 2.18 bits per heavy atom. The molecule has 4 rings (SSSR count). The van der Waals surface area contributed by atoms with Gasteiger partial charge >= 0.3 is 0 Å². The van der Waals surface area contributed by atoms with Crippen LogP contribution in [0.25, 0.3) is 0 Å². The molecule has 1 aliphatic carbocycles. The predicted molar refractivity (Wildman–Crippen MR) is 142 cm³/mol. The molecule has 1 aromatic carbocycles. The first-order valence-electron chi connectivity index (χ1n) is 13.9. The highest BCUT2D eigenvalue weighted by molar-refractivity contribution is 5.65. The Bertz CT molecular complexity index is 721. The molecule has 0 unspecified atom stereocenters. The molecule has 0 spiro atoms. The minimum atomic E-state index is 0.447. The summed E-state index contributed by atoms with van der Waals surface area (Å²) in [7, 11) is 0. The van der Waals surface area contributed by atoms with E-state index < -0.39 is 0 Å². The quantitative estimate of drug-likeness (QED) is 0.459. The van der Waals surface area contributed by atoms with Crippen molar-refractivity contribution in [3.63, 3.8) is 0 Å². The smallest absolute Gasteiger partial charge is 0.0642 e. The van der Waals surface area contributed by atoms with Crippen LogP contribution in [0, 0.1) is 11.3 Å². The molecule has 3 fully saturated rings. The molecule has 0 radical (unpaired) electrons. The van der Waals surface area contributed by atoms with Gasteiger partial charge in [-0.05, 0) is 73.6 Å². The van der Waals surface area contributed by atoms with Crippen molar-refractivity contribution in [2.75, 3.05) is 68.8 Å². The maximum Gasteiger partial charge on any atom is 0.0642 e. The van der Waals surface area contributed by atoms with Crippen LogP contribution in [0.3, 0.4) is 0 Å². The molecule has 0 aromatic heterocycles. The van der Waals surface area contributed by atoms with E-state index in [9.17, 15) is 0 Å². The van der Waals surface area contributed by atoms with Crippen LogP contribution < -0.4 is 9.80 Å². The first-order valence-corrected chi connectivity index (χ1v) is 13.9. The van der Waals surface area contributed by atoms with Crippen molar-refractivity contribution in [3.05, 3.63) is 23.8 Å². The van der Waals surface area contributed by atoms with E-state index in [4.69, 9.17) is 4.74 Å². The van der Waals surface area contributed by atoms with E-state index in [1.165, 1.54) is 89.0 Å².